The number of alkyl halides is 3. The van der Waals surface area contributed by atoms with Gasteiger partial charge in [-0.15, -0.1) is 11.8 Å². The van der Waals surface area contributed by atoms with Crippen LogP contribution in [0.25, 0.3) is 11.3 Å². The van der Waals surface area contributed by atoms with E-state index in [1.54, 1.807) is 19.2 Å². The Bertz CT molecular complexity index is 1450. The van der Waals surface area contributed by atoms with Gasteiger partial charge in [0, 0.05) is 35.5 Å². The number of ether oxygens (including phenoxy) is 1. The van der Waals surface area contributed by atoms with Crippen molar-refractivity contribution in [3.05, 3.63) is 64.8 Å². The summed E-state index contributed by atoms with van der Waals surface area (Å²) >= 11 is 1.32. The molecule has 2 fully saturated rings. The first-order valence-corrected chi connectivity index (χ1v) is 18.0. The summed E-state index contributed by atoms with van der Waals surface area (Å²) in [7, 11) is 1.72. The van der Waals surface area contributed by atoms with E-state index in [2.05, 4.69) is 17.4 Å². The van der Waals surface area contributed by atoms with E-state index in [0.29, 0.717) is 24.8 Å². The van der Waals surface area contributed by atoms with E-state index >= 15 is 0 Å². The van der Waals surface area contributed by atoms with Gasteiger partial charge >= 0.3 is 6.18 Å². The molecule has 3 aromatic rings. The van der Waals surface area contributed by atoms with Crippen molar-refractivity contribution in [1.29, 1.82) is 0 Å². The van der Waals surface area contributed by atoms with Crippen molar-refractivity contribution in [3.63, 3.8) is 0 Å². The van der Waals surface area contributed by atoms with Gasteiger partial charge in [-0.1, -0.05) is 24.3 Å². The van der Waals surface area contributed by atoms with E-state index in [4.69, 9.17) is 9.84 Å². The molecule has 1 atom stereocenters. The lowest BCUT2D eigenvalue weighted by atomic mass is 9.88. The molecule has 0 bridgehead atoms. The Labute approximate surface area is 274 Å². The van der Waals surface area contributed by atoms with Gasteiger partial charge < -0.3 is 25.0 Å². The van der Waals surface area contributed by atoms with E-state index in [-0.39, 0.29) is 4.90 Å². The third-order valence-electron chi connectivity index (χ3n) is 10.1. The third-order valence-corrected chi connectivity index (χ3v) is 11.2. The molecule has 7 nitrogen and oxygen atoms in total. The molecule has 5 N–H and O–H groups in total. The molecule has 0 amide bonds. The maximum absolute atomic E-state index is 14.0. The van der Waals surface area contributed by atoms with Gasteiger partial charge in [0.15, 0.2) is 0 Å². The minimum absolute atomic E-state index is 0.282. The van der Waals surface area contributed by atoms with Crippen LogP contribution in [0.2, 0.25) is 0 Å². The predicted molar refractivity (Wildman–Crippen MR) is 174 cm³/mol. The molecule has 4 heterocycles. The lowest BCUT2D eigenvalue weighted by Gasteiger charge is -2.31. The number of nitrogens with two attached hydrogens (primary N) is 1. The van der Waals surface area contributed by atoms with E-state index < -0.39 is 17.8 Å². The minimum atomic E-state index is -4.40. The molecule has 2 saturated heterocycles. The number of quaternary nitrogens is 3. The molecular formula is C35H49F3N5O2S+3. The second-order valence-corrected chi connectivity index (χ2v) is 14.4. The van der Waals surface area contributed by atoms with Crippen molar-refractivity contribution in [1.82, 2.24) is 9.78 Å². The number of aromatic nitrogens is 2. The number of hydrogen-bond acceptors (Lipinski definition) is 4. The summed E-state index contributed by atoms with van der Waals surface area (Å²) in [6.07, 6.45) is 1.62. The number of aliphatic hydroxyl groups is 1. The second-order valence-electron chi connectivity index (χ2n) is 13.2. The van der Waals surface area contributed by atoms with Crippen molar-refractivity contribution < 1.29 is 38.1 Å². The molecule has 3 aliphatic heterocycles. The summed E-state index contributed by atoms with van der Waals surface area (Å²) in [4.78, 5) is 3.17. The van der Waals surface area contributed by atoms with Gasteiger partial charge in [0.2, 0.25) is 0 Å². The molecule has 6 rings (SSSR count). The first kappa shape index (κ1) is 33.3. The molecule has 1 aromatic heterocycles. The SMILES string of the molecule is COc1ccccc1C1CC[NH+](C[C@H](O)Cn2nc(-c3ccc(C(F)(F)F)c(SCC[NH+]4CCCCC4)c3)c3c2CC[NH2+]C3)CC1. The molecule has 0 unspecified atom stereocenters. The maximum atomic E-state index is 14.0. The van der Waals surface area contributed by atoms with Crippen LogP contribution < -0.4 is 19.9 Å². The number of fused-ring (bicyclic) bond motifs is 1. The Morgan fingerprint density at radius 1 is 1.07 bits per heavy atom. The van der Waals surface area contributed by atoms with Crippen LogP contribution >= 0.6 is 11.8 Å². The number of methoxy groups -OCH3 is 1. The van der Waals surface area contributed by atoms with Crippen molar-refractivity contribution in [2.75, 3.05) is 58.7 Å². The van der Waals surface area contributed by atoms with Crippen molar-refractivity contribution in [2.24, 2.45) is 0 Å². The minimum Gasteiger partial charge on any atom is -0.496 e. The molecule has 0 aliphatic carbocycles. The normalized spacial score (nSPS) is 21.6. The summed E-state index contributed by atoms with van der Waals surface area (Å²) in [5.41, 5.74) is 4.36. The summed E-state index contributed by atoms with van der Waals surface area (Å²) < 4.78 is 49.7. The van der Waals surface area contributed by atoms with Crippen LogP contribution in [0, 0.1) is 0 Å². The number of thioether (sulfide) groups is 1. The summed E-state index contributed by atoms with van der Waals surface area (Å²) in [6, 6.07) is 12.8. The predicted octanol–water partition coefficient (Wildman–Crippen LogP) is 2.18. The number of hydrogen-bond donors (Lipinski definition) is 4. The average Bonchev–Trinajstić information content (AvgIpc) is 3.43. The molecule has 0 saturated carbocycles. The Balaban J connectivity index is 1.14. The number of nitrogens with one attached hydrogen (secondary N) is 2. The van der Waals surface area contributed by atoms with E-state index in [1.807, 2.05) is 16.8 Å². The zero-order valence-corrected chi connectivity index (χ0v) is 27.7. The Morgan fingerprint density at radius 3 is 2.61 bits per heavy atom. The number of para-hydroxylation sites is 1. The monoisotopic (exact) mass is 660 g/mol. The van der Waals surface area contributed by atoms with E-state index in [0.717, 1.165) is 93.3 Å². The summed E-state index contributed by atoms with van der Waals surface area (Å²) in [5.74, 6) is 2.07. The fraction of sp³-hybridized carbons (Fsp3) is 0.571. The van der Waals surface area contributed by atoms with Gasteiger partial charge in [-0.3, -0.25) is 4.68 Å². The fourth-order valence-corrected chi connectivity index (χ4v) is 8.83. The quantitative estimate of drug-likeness (QED) is 0.238. The van der Waals surface area contributed by atoms with Crippen LogP contribution in [-0.2, 0) is 25.7 Å². The zero-order chi connectivity index (χ0) is 32.1. The number of benzene rings is 2. The smallest absolute Gasteiger partial charge is 0.417 e. The number of rotatable bonds is 11. The van der Waals surface area contributed by atoms with Gasteiger partial charge in [-0.25, -0.2) is 0 Å². The van der Waals surface area contributed by atoms with Crippen LogP contribution in [-0.4, -0.2) is 79.7 Å². The highest BCUT2D eigenvalue weighted by Crippen LogP contribution is 2.39. The molecule has 250 valence electrons. The highest BCUT2D eigenvalue weighted by atomic mass is 32.2. The highest BCUT2D eigenvalue weighted by molar-refractivity contribution is 7.99. The van der Waals surface area contributed by atoms with Gasteiger partial charge in [-0.05, 0) is 48.9 Å². The number of likely N-dealkylation sites (tertiary alicyclic amines) is 2. The number of aliphatic hydroxyl groups excluding tert-OH is 1. The largest absolute Gasteiger partial charge is 0.496 e. The lowest BCUT2D eigenvalue weighted by Crippen LogP contribution is -3.14. The van der Waals surface area contributed by atoms with Gasteiger partial charge in [0.05, 0.1) is 69.7 Å². The van der Waals surface area contributed by atoms with Crippen LogP contribution in [0.15, 0.2) is 47.4 Å². The molecule has 11 heteroatoms. The summed E-state index contributed by atoms with van der Waals surface area (Å²) in [5, 5.41) is 18.4. The molecule has 3 aliphatic rings. The van der Waals surface area contributed by atoms with Crippen molar-refractivity contribution in [3.8, 4) is 17.0 Å². The Kier molecular flexibility index (Phi) is 10.9. The number of nitrogens with zero attached hydrogens (tertiary/aromatic N) is 2. The number of halogens is 3. The average molecular weight is 661 g/mol. The van der Waals surface area contributed by atoms with Crippen LogP contribution in [0.4, 0.5) is 13.2 Å². The highest BCUT2D eigenvalue weighted by Gasteiger charge is 2.35. The third kappa shape index (κ3) is 7.93. The molecular weight excluding hydrogens is 611 g/mol. The molecule has 2 aromatic carbocycles. The summed E-state index contributed by atoms with van der Waals surface area (Å²) in [6.45, 7) is 7.79. The maximum Gasteiger partial charge on any atom is 0.417 e. The zero-order valence-electron chi connectivity index (χ0n) is 26.9. The van der Waals surface area contributed by atoms with E-state index in [1.165, 1.54) is 52.5 Å². The Hall–Kier alpha value is -2.57. The van der Waals surface area contributed by atoms with Gasteiger partial charge in [-0.2, -0.15) is 18.3 Å². The topological polar surface area (TPSA) is 72.8 Å². The second kappa shape index (κ2) is 15.1. The van der Waals surface area contributed by atoms with Gasteiger partial charge in [0.1, 0.15) is 30.6 Å². The van der Waals surface area contributed by atoms with Gasteiger partial charge in [0.25, 0.3) is 0 Å². The Morgan fingerprint density at radius 2 is 1.85 bits per heavy atom. The fourth-order valence-electron chi connectivity index (χ4n) is 7.67. The molecule has 46 heavy (non-hydrogen) atoms. The molecule has 0 radical (unpaired) electrons. The van der Waals surface area contributed by atoms with Crippen molar-refractivity contribution >= 4 is 11.8 Å². The number of piperidine rings is 2. The molecule has 0 spiro atoms. The van der Waals surface area contributed by atoms with Crippen LogP contribution in [0.5, 0.6) is 5.75 Å². The van der Waals surface area contributed by atoms with Crippen LogP contribution in [0.1, 0.15) is 60.4 Å². The standard InChI is InChI=1S/C35H46F3N5O2S/c1-45-32-8-4-3-7-28(32)25-12-17-42(18-13-25)23-27(44)24-43-31-11-14-39-22-29(31)34(40-43)26-9-10-30(35(36,37)38)33(21-26)46-20-19-41-15-5-2-6-16-41/h3-4,7-10,21,25,27,39,44H,2,5-6,11-20,22-24H2,1H3/p+3/t27-/m0/s1. The first-order chi connectivity index (χ1) is 22.3. The first-order valence-electron chi connectivity index (χ1n) is 17.0. The van der Waals surface area contributed by atoms with Crippen LogP contribution in [0.3, 0.4) is 0 Å². The van der Waals surface area contributed by atoms with E-state index in [9.17, 15) is 18.3 Å². The lowest BCUT2D eigenvalue weighted by molar-refractivity contribution is -0.908. The van der Waals surface area contributed by atoms with Crippen molar-refractivity contribution in [2.45, 2.75) is 74.7 Å².